The zero-order chi connectivity index (χ0) is 21.5. The first-order valence-electron chi connectivity index (χ1n) is 9.52. The maximum atomic E-state index is 13.2. The third-order valence-corrected chi connectivity index (χ3v) is 5.84. The molecule has 1 amide bonds. The highest BCUT2D eigenvalue weighted by Crippen LogP contribution is 2.26. The number of rotatable bonds is 8. The van der Waals surface area contributed by atoms with Crippen molar-refractivity contribution in [3.05, 3.63) is 99.5 Å². The van der Waals surface area contributed by atoms with Gasteiger partial charge in [-0.1, -0.05) is 71.7 Å². The van der Waals surface area contributed by atoms with Crippen LogP contribution in [0.3, 0.4) is 0 Å². The summed E-state index contributed by atoms with van der Waals surface area (Å²) in [6.45, 7) is 0.909. The summed E-state index contributed by atoms with van der Waals surface area (Å²) in [5.74, 6) is 0.618. The van der Waals surface area contributed by atoms with Crippen LogP contribution in [0.15, 0.2) is 72.8 Å². The first-order valence-corrected chi connectivity index (χ1v) is 10.7. The molecule has 3 aromatic rings. The summed E-state index contributed by atoms with van der Waals surface area (Å²) < 4.78 is 5.22. The third-order valence-electron chi connectivity index (χ3n) is 4.82. The molecule has 0 aliphatic rings. The van der Waals surface area contributed by atoms with E-state index in [2.05, 4.69) is 0 Å². The summed E-state index contributed by atoms with van der Waals surface area (Å²) in [7, 11) is 1.62. The Balaban J connectivity index is 1.80. The van der Waals surface area contributed by atoms with Gasteiger partial charge < -0.3 is 9.64 Å². The Morgan fingerprint density at radius 2 is 1.70 bits per heavy atom. The van der Waals surface area contributed by atoms with Gasteiger partial charge in [0.25, 0.3) is 0 Å². The van der Waals surface area contributed by atoms with Gasteiger partial charge in [-0.15, -0.1) is 11.6 Å². The number of amides is 1. The molecule has 3 aromatic carbocycles. The molecule has 0 aromatic heterocycles. The van der Waals surface area contributed by atoms with Gasteiger partial charge in [0.15, 0.2) is 0 Å². The molecule has 1 unspecified atom stereocenters. The second kappa shape index (κ2) is 10.7. The molecule has 0 aliphatic carbocycles. The molecule has 6 heteroatoms. The molecule has 3 rings (SSSR count). The van der Waals surface area contributed by atoms with Gasteiger partial charge in [-0.25, -0.2) is 0 Å². The van der Waals surface area contributed by atoms with Crippen molar-refractivity contribution < 1.29 is 9.53 Å². The van der Waals surface area contributed by atoms with E-state index in [4.69, 9.17) is 39.5 Å². The number of benzene rings is 3. The van der Waals surface area contributed by atoms with E-state index in [1.807, 2.05) is 60.7 Å². The topological polar surface area (TPSA) is 29.5 Å². The molecule has 0 bridgehead atoms. The van der Waals surface area contributed by atoms with Crippen LogP contribution in [0.5, 0.6) is 5.75 Å². The molecule has 0 fully saturated rings. The fraction of sp³-hybridized carbons (Fsp3) is 0.208. The molecule has 0 heterocycles. The Morgan fingerprint density at radius 1 is 1.00 bits per heavy atom. The molecule has 0 aliphatic heterocycles. The lowest BCUT2D eigenvalue weighted by molar-refractivity contribution is -0.131. The quantitative estimate of drug-likeness (QED) is 0.355. The molecule has 3 nitrogen and oxygen atoms in total. The lowest BCUT2D eigenvalue weighted by Crippen LogP contribution is -2.35. The van der Waals surface area contributed by atoms with Gasteiger partial charge in [-0.05, 0) is 47.4 Å². The molecular weight excluding hydrogens is 441 g/mol. The average Bonchev–Trinajstić information content (AvgIpc) is 2.77. The predicted molar refractivity (Wildman–Crippen MR) is 124 cm³/mol. The van der Waals surface area contributed by atoms with Crippen molar-refractivity contribution in [3.63, 3.8) is 0 Å². The van der Waals surface area contributed by atoms with Gasteiger partial charge >= 0.3 is 0 Å². The molecule has 30 heavy (non-hydrogen) atoms. The molecule has 0 saturated heterocycles. The zero-order valence-corrected chi connectivity index (χ0v) is 18.8. The van der Waals surface area contributed by atoms with Crippen molar-refractivity contribution in [2.75, 3.05) is 13.7 Å². The minimum Gasteiger partial charge on any atom is -0.497 e. The van der Waals surface area contributed by atoms with Crippen LogP contribution in [0.4, 0.5) is 0 Å². The Hall–Kier alpha value is -2.20. The number of methoxy groups -OCH3 is 1. The van der Waals surface area contributed by atoms with E-state index < -0.39 is 5.38 Å². The first kappa shape index (κ1) is 22.5. The monoisotopic (exact) mass is 461 g/mol. The molecular formula is C24H22Cl3NO2. The van der Waals surface area contributed by atoms with Crippen LogP contribution in [-0.2, 0) is 17.8 Å². The van der Waals surface area contributed by atoms with Gasteiger partial charge in [0.05, 0.1) is 7.11 Å². The van der Waals surface area contributed by atoms with Crippen LogP contribution in [0.2, 0.25) is 10.0 Å². The maximum Gasteiger partial charge on any atom is 0.245 e. The van der Waals surface area contributed by atoms with Crippen LogP contribution in [0.25, 0.3) is 0 Å². The number of halogens is 3. The summed E-state index contributed by atoms with van der Waals surface area (Å²) in [4.78, 5) is 15.0. The van der Waals surface area contributed by atoms with Gasteiger partial charge in [0.1, 0.15) is 11.1 Å². The summed E-state index contributed by atoms with van der Waals surface area (Å²) in [5, 5.41) is 0.412. The highest BCUT2D eigenvalue weighted by Gasteiger charge is 2.24. The van der Waals surface area contributed by atoms with Crippen molar-refractivity contribution in [1.82, 2.24) is 4.90 Å². The summed E-state index contributed by atoms with van der Waals surface area (Å²) in [6, 6.07) is 22.4. The Bertz CT molecular complexity index is 978. The van der Waals surface area contributed by atoms with Crippen molar-refractivity contribution in [2.24, 2.45) is 0 Å². The second-order valence-electron chi connectivity index (χ2n) is 6.87. The lowest BCUT2D eigenvalue weighted by atomic mass is 10.1. The van der Waals surface area contributed by atoms with Crippen molar-refractivity contribution in [3.8, 4) is 5.75 Å². The number of carbonyl (C=O) groups is 1. The van der Waals surface area contributed by atoms with E-state index in [1.165, 1.54) is 0 Å². The molecule has 0 spiro atoms. The highest BCUT2D eigenvalue weighted by atomic mass is 35.5. The molecule has 1 atom stereocenters. The predicted octanol–water partition coefficient (Wildman–Crippen LogP) is 6.55. The van der Waals surface area contributed by atoms with E-state index in [1.54, 1.807) is 24.1 Å². The summed E-state index contributed by atoms with van der Waals surface area (Å²) >= 11 is 18.9. The van der Waals surface area contributed by atoms with Gasteiger partial charge in [-0.2, -0.15) is 0 Å². The maximum absolute atomic E-state index is 13.2. The summed E-state index contributed by atoms with van der Waals surface area (Å²) in [6.07, 6.45) is 0.594. The molecule has 0 radical (unpaired) electrons. The smallest absolute Gasteiger partial charge is 0.245 e. The Labute approximate surface area is 192 Å². The van der Waals surface area contributed by atoms with Crippen LogP contribution >= 0.6 is 34.8 Å². The number of nitrogens with zero attached hydrogens (tertiary/aromatic N) is 1. The largest absolute Gasteiger partial charge is 0.497 e. The fourth-order valence-electron chi connectivity index (χ4n) is 3.12. The van der Waals surface area contributed by atoms with Crippen molar-refractivity contribution >= 4 is 40.7 Å². The highest BCUT2D eigenvalue weighted by molar-refractivity contribution is 6.35. The van der Waals surface area contributed by atoms with E-state index in [-0.39, 0.29) is 5.91 Å². The van der Waals surface area contributed by atoms with E-state index in [0.717, 1.165) is 22.4 Å². The van der Waals surface area contributed by atoms with Crippen LogP contribution in [0.1, 0.15) is 22.1 Å². The standard InChI is InChI=1S/C24H22Cl3NO2/c1-30-21-11-7-17(8-12-21)16-28(14-13-18-9-10-20(25)15-22(18)26)24(29)23(27)19-5-3-2-4-6-19/h2-12,15,23H,13-14,16H2,1H3. The third kappa shape index (κ3) is 5.91. The van der Waals surface area contributed by atoms with E-state index in [0.29, 0.717) is 29.6 Å². The molecule has 0 N–H and O–H groups in total. The number of ether oxygens (including phenoxy) is 1. The lowest BCUT2D eigenvalue weighted by Gasteiger charge is -2.26. The van der Waals surface area contributed by atoms with Crippen molar-refractivity contribution in [2.45, 2.75) is 18.3 Å². The molecule has 156 valence electrons. The number of carbonyl (C=O) groups excluding carboxylic acids is 1. The molecule has 0 saturated carbocycles. The number of alkyl halides is 1. The second-order valence-corrected chi connectivity index (χ2v) is 8.15. The Kier molecular flexibility index (Phi) is 8.03. The normalized spacial score (nSPS) is 11.7. The van der Waals surface area contributed by atoms with Crippen LogP contribution < -0.4 is 4.74 Å². The van der Waals surface area contributed by atoms with Crippen LogP contribution in [-0.4, -0.2) is 24.5 Å². The summed E-state index contributed by atoms with van der Waals surface area (Å²) in [5.41, 5.74) is 2.69. The van der Waals surface area contributed by atoms with Crippen LogP contribution in [0, 0.1) is 0 Å². The minimum atomic E-state index is -0.759. The fourth-order valence-corrected chi connectivity index (χ4v) is 3.91. The van der Waals surface area contributed by atoms with Gasteiger partial charge in [0.2, 0.25) is 5.91 Å². The SMILES string of the molecule is COc1ccc(CN(CCc2ccc(Cl)cc2Cl)C(=O)C(Cl)c2ccccc2)cc1. The van der Waals surface area contributed by atoms with Gasteiger partial charge in [0, 0.05) is 23.1 Å². The first-order chi connectivity index (χ1) is 14.5. The van der Waals surface area contributed by atoms with Gasteiger partial charge in [-0.3, -0.25) is 4.79 Å². The van der Waals surface area contributed by atoms with Crippen molar-refractivity contribution in [1.29, 1.82) is 0 Å². The Morgan fingerprint density at radius 3 is 2.33 bits per heavy atom. The van der Waals surface area contributed by atoms with E-state index >= 15 is 0 Å². The number of hydrogen-bond acceptors (Lipinski definition) is 2. The average molecular weight is 463 g/mol. The minimum absolute atomic E-state index is 0.149. The zero-order valence-electron chi connectivity index (χ0n) is 16.5. The van der Waals surface area contributed by atoms with E-state index in [9.17, 15) is 4.79 Å². The number of hydrogen-bond donors (Lipinski definition) is 0.